The van der Waals surface area contributed by atoms with Crippen molar-refractivity contribution in [1.82, 2.24) is 10.2 Å². The van der Waals surface area contributed by atoms with Crippen LogP contribution in [0.2, 0.25) is 0 Å². The van der Waals surface area contributed by atoms with Crippen LogP contribution in [0.1, 0.15) is 32.3 Å². The maximum atomic E-state index is 9.76. The number of likely N-dealkylation sites (tertiary alicyclic amines) is 1. The maximum absolute atomic E-state index is 9.76. The largest absolute Gasteiger partial charge is 0.303 e. The molecule has 0 radical (unpaired) electrons. The topological polar surface area (TPSA) is 39.1 Å². The van der Waals surface area contributed by atoms with Gasteiger partial charge in [0.15, 0.2) is 0 Å². The molecular weight excluding hydrogens is 246 g/mol. The van der Waals surface area contributed by atoms with Crippen molar-refractivity contribution in [3.63, 3.8) is 0 Å². The Balaban J connectivity index is 2.09. The van der Waals surface area contributed by atoms with Gasteiger partial charge in [-0.25, -0.2) is 0 Å². The molecular formula is C17H25N3. The number of hydrogen-bond acceptors (Lipinski definition) is 3. The van der Waals surface area contributed by atoms with Crippen molar-refractivity contribution in [3.05, 3.63) is 35.9 Å². The first kappa shape index (κ1) is 15.0. The lowest BCUT2D eigenvalue weighted by molar-refractivity contribution is 0.277. The highest BCUT2D eigenvalue weighted by molar-refractivity contribution is 5.31. The van der Waals surface area contributed by atoms with E-state index in [9.17, 15) is 5.26 Å². The predicted molar refractivity (Wildman–Crippen MR) is 82.2 cm³/mol. The van der Waals surface area contributed by atoms with Gasteiger partial charge in [0.1, 0.15) is 5.54 Å². The summed E-state index contributed by atoms with van der Waals surface area (Å²) in [5.41, 5.74) is 0.526. The van der Waals surface area contributed by atoms with Gasteiger partial charge >= 0.3 is 0 Å². The molecule has 1 aromatic rings. The minimum absolute atomic E-state index is 0.554. The van der Waals surface area contributed by atoms with Gasteiger partial charge in [0.2, 0.25) is 0 Å². The molecule has 1 fully saturated rings. The third-order valence-corrected chi connectivity index (χ3v) is 4.25. The number of rotatable bonds is 6. The molecule has 0 aliphatic carbocycles. The molecule has 3 heteroatoms. The molecule has 0 spiro atoms. The Morgan fingerprint density at radius 2 is 2.15 bits per heavy atom. The fourth-order valence-corrected chi connectivity index (χ4v) is 3.07. The maximum Gasteiger partial charge on any atom is 0.133 e. The monoisotopic (exact) mass is 271 g/mol. The minimum Gasteiger partial charge on any atom is -0.303 e. The highest BCUT2D eigenvalue weighted by Gasteiger charge is 2.32. The highest BCUT2D eigenvalue weighted by atomic mass is 15.1. The molecule has 2 atom stereocenters. The van der Waals surface area contributed by atoms with Gasteiger partial charge in [-0.05, 0) is 37.4 Å². The fourth-order valence-electron chi connectivity index (χ4n) is 3.07. The summed E-state index contributed by atoms with van der Waals surface area (Å²) in [4.78, 5) is 2.48. The number of hydrogen-bond donors (Lipinski definition) is 1. The smallest absolute Gasteiger partial charge is 0.133 e. The lowest BCUT2D eigenvalue weighted by Gasteiger charge is -2.30. The summed E-state index contributed by atoms with van der Waals surface area (Å²) in [6.45, 7) is 8.50. The van der Waals surface area contributed by atoms with Crippen molar-refractivity contribution in [2.45, 2.75) is 32.2 Å². The lowest BCUT2D eigenvalue weighted by atomic mass is 9.87. The van der Waals surface area contributed by atoms with E-state index in [-0.39, 0.29) is 0 Å². The Hall–Kier alpha value is -1.37. The van der Waals surface area contributed by atoms with E-state index in [1.165, 1.54) is 19.5 Å². The van der Waals surface area contributed by atoms with E-state index in [1.54, 1.807) is 0 Å². The van der Waals surface area contributed by atoms with Gasteiger partial charge in [0, 0.05) is 13.1 Å². The van der Waals surface area contributed by atoms with Crippen LogP contribution in [0.15, 0.2) is 30.3 Å². The van der Waals surface area contributed by atoms with E-state index in [0.717, 1.165) is 31.0 Å². The summed E-state index contributed by atoms with van der Waals surface area (Å²) >= 11 is 0. The molecule has 0 bridgehead atoms. The van der Waals surface area contributed by atoms with Gasteiger partial charge in [-0.15, -0.1) is 0 Å². The van der Waals surface area contributed by atoms with E-state index in [1.807, 2.05) is 18.2 Å². The van der Waals surface area contributed by atoms with E-state index >= 15 is 0 Å². The Kier molecular flexibility index (Phi) is 5.17. The first-order chi connectivity index (χ1) is 9.70. The van der Waals surface area contributed by atoms with Crippen molar-refractivity contribution in [3.8, 4) is 6.07 Å². The van der Waals surface area contributed by atoms with Crippen molar-refractivity contribution < 1.29 is 0 Å². The molecule has 1 heterocycles. The first-order valence-electron chi connectivity index (χ1n) is 7.64. The minimum atomic E-state index is -0.554. The lowest BCUT2D eigenvalue weighted by Crippen LogP contribution is -2.43. The zero-order valence-corrected chi connectivity index (χ0v) is 12.6. The average Bonchev–Trinajstić information content (AvgIpc) is 2.90. The molecule has 1 saturated heterocycles. The van der Waals surface area contributed by atoms with Crippen LogP contribution in [0.5, 0.6) is 0 Å². The van der Waals surface area contributed by atoms with Gasteiger partial charge in [-0.1, -0.05) is 44.2 Å². The van der Waals surface area contributed by atoms with Crippen LogP contribution in [-0.2, 0) is 5.54 Å². The van der Waals surface area contributed by atoms with Crippen LogP contribution in [-0.4, -0.2) is 31.1 Å². The van der Waals surface area contributed by atoms with Crippen LogP contribution in [0, 0.1) is 17.2 Å². The van der Waals surface area contributed by atoms with E-state index in [2.05, 4.69) is 42.3 Å². The van der Waals surface area contributed by atoms with Gasteiger partial charge in [0.25, 0.3) is 0 Å². The predicted octanol–water partition coefficient (Wildman–Crippen LogP) is 2.75. The zero-order valence-electron chi connectivity index (χ0n) is 12.6. The van der Waals surface area contributed by atoms with Crippen LogP contribution < -0.4 is 5.32 Å². The molecule has 0 saturated carbocycles. The normalized spacial score (nSPS) is 22.4. The molecule has 0 aromatic heterocycles. The van der Waals surface area contributed by atoms with Crippen LogP contribution >= 0.6 is 0 Å². The summed E-state index contributed by atoms with van der Waals surface area (Å²) in [6, 6.07) is 12.7. The summed E-state index contributed by atoms with van der Waals surface area (Å²) < 4.78 is 0. The van der Waals surface area contributed by atoms with Crippen molar-refractivity contribution in [2.75, 3.05) is 26.2 Å². The Bertz CT molecular complexity index is 451. The van der Waals surface area contributed by atoms with Crippen LogP contribution in [0.4, 0.5) is 0 Å². The third-order valence-electron chi connectivity index (χ3n) is 4.25. The summed E-state index contributed by atoms with van der Waals surface area (Å²) in [5, 5.41) is 13.2. The summed E-state index contributed by atoms with van der Waals surface area (Å²) in [5.74, 6) is 0.794. The Labute approximate surface area is 122 Å². The van der Waals surface area contributed by atoms with Gasteiger partial charge in [0.05, 0.1) is 6.07 Å². The molecule has 20 heavy (non-hydrogen) atoms. The SMILES string of the molecule is CCNC(C#N)(CCN1CCC(C)C1)c1ccccc1. The van der Waals surface area contributed by atoms with E-state index in [0.29, 0.717) is 0 Å². The number of benzene rings is 1. The molecule has 1 aromatic carbocycles. The van der Waals surface area contributed by atoms with Gasteiger partial charge in [-0.2, -0.15) is 5.26 Å². The van der Waals surface area contributed by atoms with Gasteiger partial charge < -0.3 is 4.90 Å². The molecule has 2 unspecified atom stereocenters. The zero-order chi connectivity index (χ0) is 14.4. The standard InChI is InChI=1S/C17H25N3/c1-3-19-17(14-18,16-7-5-4-6-8-16)10-12-20-11-9-15(2)13-20/h4-8,15,19H,3,9-13H2,1-2H3. The van der Waals surface area contributed by atoms with E-state index < -0.39 is 5.54 Å². The average molecular weight is 271 g/mol. The van der Waals surface area contributed by atoms with E-state index in [4.69, 9.17) is 0 Å². The second kappa shape index (κ2) is 6.88. The molecule has 108 valence electrons. The fraction of sp³-hybridized carbons (Fsp3) is 0.588. The summed E-state index contributed by atoms with van der Waals surface area (Å²) in [6.07, 6.45) is 2.13. The Morgan fingerprint density at radius 3 is 2.70 bits per heavy atom. The molecule has 1 aliphatic heterocycles. The highest BCUT2D eigenvalue weighted by Crippen LogP contribution is 2.26. The van der Waals surface area contributed by atoms with Crippen molar-refractivity contribution in [2.24, 2.45) is 5.92 Å². The summed E-state index contributed by atoms with van der Waals surface area (Å²) in [7, 11) is 0. The number of nitriles is 1. The second-order valence-electron chi connectivity index (χ2n) is 5.86. The molecule has 1 aliphatic rings. The van der Waals surface area contributed by atoms with Crippen LogP contribution in [0.25, 0.3) is 0 Å². The molecule has 0 amide bonds. The number of nitrogens with one attached hydrogen (secondary N) is 1. The molecule has 1 N–H and O–H groups in total. The molecule has 3 nitrogen and oxygen atoms in total. The quantitative estimate of drug-likeness (QED) is 0.864. The second-order valence-corrected chi connectivity index (χ2v) is 5.86. The van der Waals surface area contributed by atoms with Crippen LogP contribution in [0.3, 0.4) is 0 Å². The number of nitrogens with zero attached hydrogens (tertiary/aromatic N) is 2. The van der Waals surface area contributed by atoms with Crippen molar-refractivity contribution >= 4 is 0 Å². The third kappa shape index (κ3) is 3.39. The van der Waals surface area contributed by atoms with Crippen molar-refractivity contribution in [1.29, 1.82) is 5.26 Å². The Morgan fingerprint density at radius 1 is 1.40 bits per heavy atom. The first-order valence-corrected chi connectivity index (χ1v) is 7.64. The molecule has 2 rings (SSSR count). The van der Waals surface area contributed by atoms with Gasteiger partial charge in [-0.3, -0.25) is 5.32 Å².